The van der Waals surface area contributed by atoms with Gasteiger partial charge in [0.15, 0.2) is 5.78 Å². The molecule has 4 aromatic carbocycles. The van der Waals surface area contributed by atoms with Crippen LogP contribution in [0.3, 0.4) is 0 Å². The first-order valence-electron chi connectivity index (χ1n) is 11.0. The van der Waals surface area contributed by atoms with Crippen molar-refractivity contribution in [1.29, 1.82) is 0 Å². The Morgan fingerprint density at radius 2 is 1.29 bits per heavy atom. The summed E-state index contributed by atoms with van der Waals surface area (Å²) in [6.45, 7) is 0.394. The number of esters is 1. The maximum absolute atomic E-state index is 12.9. The third-order valence-electron chi connectivity index (χ3n) is 5.90. The molecule has 1 aliphatic rings. The third-order valence-corrected chi connectivity index (χ3v) is 5.90. The molecule has 0 saturated carbocycles. The van der Waals surface area contributed by atoms with Crippen LogP contribution in [0.4, 0.5) is 0 Å². The molecule has 0 aliphatic heterocycles. The number of ketones is 1. The quantitative estimate of drug-likeness (QED) is 0.302. The fourth-order valence-electron chi connectivity index (χ4n) is 4.13. The van der Waals surface area contributed by atoms with Gasteiger partial charge in [0.05, 0.1) is 12.7 Å². The molecule has 34 heavy (non-hydrogen) atoms. The summed E-state index contributed by atoms with van der Waals surface area (Å²) in [7, 11) is 1.37. The van der Waals surface area contributed by atoms with Gasteiger partial charge in [0.1, 0.15) is 12.4 Å². The van der Waals surface area contributed by atoms with Gasteiger partial charge in [0.25, 0.3) is 0 Å². The maximum atomic E-state index is 12.9. The summed E-state index contributed by atoms with van der Waals surface area (Å²) in [5.74, 6) is 0.454. The topological polar surface area (TPSA) is 52.6 Å². The lowest BCUT2D eigenvalue weighted by Gasteiger charge is -2.21. The molecule has 0 spiro atoms. The monoisotopic (exact) mass is 446 g/mol. The van der Waals surface area contributed by atoms with Crippen molar-refractivity contribution in [3.8, 4) is 5.75 Å². The van der Waals surface area contributed by atoms with Crippen molar-refractivity contribution in [2.24, 2.45) is 0 Å². The smallest absolute Gasteiger partial charge is 0.337 e. The highest BCUT2D eigenvalue weighted by atomic mass is 16.5. The van der Waals surface area contributed by atoms with Gasteiger partial charge in [0.2, 0.25) is 0 Å². The SMILES string of the molecule is COC(=O)c1ccc(COc2ccc(C=C3c4ccccc4C(=O)c4ccccc43)cc2)cc1. The van der Waals surface area contributed by atoms with Gasteiger partial charge in [-0.05, 0) is 58.2 Å². The minimum absolute atomic E-state index is 0.0618. The van der Waals surface area contributed by atoms with Crippen molar-refractivity contribution in [3.63, 3.8) is 0 Å². The molecule has 0 aromatic heterocycles. The number of carbonyl (C=O) groups excluding carboxylic acids is 2. The van der Waals surface area contributed by atoms with Crippen LogP contribution >= 0.6 is 0 Å². The standard InChI is InChI=1S/C30H22O4/c1-33-30(32)22-14-10-21(11-15-22)19-34-23-16-12-20(13-17-23)18-28-24-6-2-4-8-26(24)29(31)27-9-5-3-7-25(27)28/h2-18H,19H2,1H3. The Balaban J connectivity index is 1.36. The molecule has 0 radical (unpaired) electrons. The second-order valence-corrected chi connectivity index (χ2v) is 8.02. The summed E-state index contributed by atoms with van der Waals surface area (Å²) in [5.41, 5.74) is 6.86. The predicted octanol–water partition coefficient (Wildman–Crippen LogP) is 6.19. The van der Waals surface area contributed by atoms with Gasteiger partial charge in [-0.15, -0.1) is 0 Å². The van der Waals surface area contributed by atoms with E-state index in [1.807, 2.05) is 84.9 Å². The average molecular weight is 447 g/mol. The van der Waals surface area contributed by atoms with Crippen LogP contribution < -0.4 is 4.74 Å². The summed E-state index contributed by atoms with van der Waals surface area (Å²) >= 11 is 0. The van der Waals surface area contributed by atoms with Crippen LogP contribution in [0, 0.1) is 0 Å². The second-order valence-electron chi connectivity index (χ2n) is 8.02. The van der Waals surface area contributed by atoms with Crippen LogP contribution in [-0.2, 0) is 11.3 Å². The van der Waals surface area contributed by atoms with Crippen LogP contribution in [0.5, 0.6) is 5.75 Å². The summed E-state index contributed by atoms with van der Waals surface area (Å²) < 4.78 is 10.6. The number of fused-ring (bicyclic) bond motifs is 2. The number of carbonyl (C=O) groups is 2. The maximum Gasteiger partial charge on any atom is 0.337 e. The molecular formula is C30H22O4. The van der Waals surface area contributed by atoms with Gasteiger partial charge >= 0.3 is 5.97 Å². The van der Waals surface area contributed by atoms with Crippen molar-refractivity contribution in [1.82, 2.24) is 0 Å². The number of hydrogen-bond acceptors (Lipinski definition) is 4. The van der Waals surface area contributed by atoms with Crippen molar-refractivity contribution in [3.05, 3.63) is 136 Å². The molecule has 0 amide bonds. The molecule has 0 atom stereocenters. The highest BCUT2D eigenvalue weighted by Gasteiger charge is 2.26. The van der Waals surface area contributed by atoms with E-state index < -0.39 is 0 Å². The Labute approximate surface area is 198 Å². The Hall–Kier alpha value is -4.44. The predicted molar refractivity (Wildman–Crippen MR) is 132 cm³/mol. The van der Waals surface area contributed by atoms with E-state index >= 15 is 0 Å². The van der Waals surface area contributed by atoms with E-state index in [1.165, 1.54) is 7.11 Å². The molecule has 4 aromatic rings. The Kier molecular flexibility index (Phi) is 5.79. The largest absolute Gasteiger partial charge is 0.489 e. The Morgan fingerprint density at radius 1 is 0.735 bits per heavy atom. The van der Waals surface area contributed by atoms with Gasteiger partial charge < -0.3 is 9.47 Å². The second kappa shape index (κ2) is 9.20. The fraction of sp³-hybridized carbons (Fsp3) is 0.0667. The van der Waals surface area contributed by atoms with E-state index in [9.17, 15) is 9.59 Å². The van der Waals surface area contributed by atoms with E-state index in [-0.39, 0.29) is 11.8 Å². The zero-order chi connectivity index (χ0) is 23.5. The average Bonchev–Trinajstić information content (AvgIpc) is 2.90. The summed E-state index contributed by atoms with van der Waals surface area (Å²) in [4.78, 5) is 24.5. The van der Waals surface area contributed by atoms with E-state index in [1.54, 1.807) is 12.1 Å². The van der Waals surface area contributed by atoms with Crippen LogP contribution in [0.1, 0.15) is 48.5 Å². The van der Waals surface area contributed by atoms with Crippen LogP contribution in [0.15, 0.2) is 97.1 Å². The molecule has 0 unspecified atom stereocenters. The summed E-state index contributed by atoms with van der Waals surface area (Å²) in [6.07, 6.45) is 2.11. The number of hydrogen-bond donors (Lipinski definition) is 0. The molecule has 4 nitrogen and oxygen atoms in total. The van der Waals surface area contributed by atoms with Crippen LogP contribution in [0.2, 0.25) is 0 Å². The van der Waals surface area contributed by atoms with Crippen molar-refractivity contribution >= 4 is 23.4 Å². The first-order valence-corrected chi connectivity index (χ1v) is 11.0. The lowest BCUT2D eigenvalue weighted by Crippen LogP contribution is -2.14. The number of methoxy groups -OCH3 is 1. The van der Waals surface area contributed by atoms with Gasteiger partial charge in [0, 0.05) is 11.1 Å². The van der Waals surface area contributed by atoms with Crippen molar-refractivity contribution in [2.75, 3.05) is 7.11 Å². The minimum atomic E-state index is -0.357. The minimum Gasteiger partial charge on any atom is -0.489 e. The number of ether oxygens (including phenoxy) is 2. The molecule has 0 N–H and O–H groups in total. The van der Waals surface area contributed by atoms with E-state index in [0.29, 0.717) is 12.2 Å². The first kappa shape index (κ1) is 21.4. The molecule has 4 heteroatoms. The zero-order valence-corrected chi connectivity index (χ0v) is 18.7. The fourth-order valence-corrected chi connectivity index (χ4v) is 4.13. The summed E-state index contributed by atoms with van der Waals surface area (Å²) in [6, 6.07) is 30.5. The Morgan fingerprint density at radius 3 is 1.85 bits per heavy atom. The molecule has 5 rings (SSSR count). The molecule has 0 heterocycles. The molecule has 0 saturated heterocycles. The lowest BCUT2D eigenvalue weighted by molar-refractivity contribution is 0.0600. The van der Waals surface area contributed by atoms with Gasteiger partial charge in [-0.1, -0.05) is 72.8 Å². The zero-order valence-electron chi connectivity index (χ0n) is 18.7. The Bertz CT molecular complexity index is 1350. The molecular weight excluding hydrogens is 424 g/mol. The summed E-state index contributed by atoms with van der Waals surface area (Å²) in [5, 5.41) is 0. The first-order chi connectivity index (χ1) is 16.6. The van der Waals surface area contributed by atoms with E-state index in [2.05, 4.69) is 6.08 Å². The van der Waals surface area contributed by atoms with Gasteiger partial charge in [-0.3, -0.25) is 4.79 Å². The van der Waals surface area contributed by atoms with Gasteiger partial charge in [-0.25, -0.2) is 4.79 Å². The van der Waals surface area contributed by atoms with Crippen LogP contribution in [0.25, 0.3) is 11.6 Å². The van der Waals surface area contributed by atoms with E-state index in [4.69, 9.17) is 9.47 Å². The molecule has 0 bridgehead atoms. The molecule has 1 aliphatic carbocycles. The third kappa shape index (κ3) is 4.14. The van der Waals surface area contributed by atoms with E-state index in [0.717, 1.165) is 44.7 Å². The van der Waals surface area contributed by atoms with Crippen LogP contribution in [-0.4, -0.2) is 18.9 Å². The highest BCUT2D eigenvalue weighted by Crippen LogP contribution is 2.37. The highest BCUT2D eigenvalue weighted by molar-refractivity contribution is 6.20. The lowest BCUT2D eigenvalue weighted by atomic mass is 9.81. The number of benzene rings is 4. The van der Waals surface area contributed by atoms with Gasteiger partial charge in [-0.2, -0.15) is 0 Å². The van der Waals surface area contributed by atoms with Crippen molar-refractivity contribution < 1.29 is 19.1 Å². The number of rotatable bonds is 5. The normalized spacial score (nSPS) is 11.9. The molecule has 166 valence electrons. The van der Waals surface area contributed by atoms with Crippen molar-refractivity contribution in [2.45, 2.75) is 6.61 Å². The molecule has 0 fully saturated rings.